The molecule has 1 aromatic heterocycles. The van der Waals surface area contributed by atoms with Crippen LogP contribution in [-0.2, 0) is 9.47 Å². The zero-order valence-electron chi connectivity index (χ0n) is 19.6. The molecule has 3 aromatic rings. The van der Waals surface area contributed by atoms with Gasteiger partial charge in [0.1, 0.15) is 77.2 Å². The molecule has 9 N–H and O–H groups in total. The van der Waals surface area contributed by atoms with Crippen molar-refractivity contribution in [1.82, 2.24) is 0 Å². The molecule has 0 unspecified atom stereocenters. The summed E-state index contributed by atoms with van der Waals surface area (Å²) in [6.07, 6.45) is -13.3. The second-order valence-electron chi connectivity index (χ2n) is 9.36. The van der Waals surface area contributed by atoms with E-state index >= 15 is 0 Å². The van der Waals surface area contributed by atoms with Crippen LogP contribution in [0.2, 0.25) is 0 Å². The van der Waals surface area contributed by atoms with Gasteiger partial charge in [-0.05, 0) is 24.3 Å². The quantitative estimate of drug-likeness (QED) is 0.194. The molecule has 2 aliphatic heterocycles. The van der Waals surface area contributed by atoms with Crippen molar-refractivity contribution in [1.29, 1.82) is 0 Å². The van der Waals surface area contributed by atoms with Gasteiger partial charge in [0.05, 0.1) is 24.3 Å². The summed E-state index contributed by atoms with van der Waals surface area (Å²) < 4.78 is 16.8. The van der Waals surface area contributed by atoms with Gasteiger partial charge >= 0.3 is 0 Å². The second kappa shape index (κ2) is 9.80. The van der Waals surface area contributed by atoms with Crippen LogP contribution in [0.25, 0.3) is 22.3 Å². The fourth-order valence-corrected chi connectivity index (χ4v) is 4.83. The van der Waals surface area contributed by atoms with Crippen LogP contribution in [0.3, 0.4) is 0 Å². The highest BCUT2D eigenvalue weighted by Crippen LogP contribution is 2.50. The van der Waals surface area contributed by atoms with E-state index in [4.69, 9.17) is 13.9 Å². The molecule has 0 aliphatic carbocycles. The van der Waals surface area contributed by atoms with Gasteiger partial charge in [0.15, 0.2) is 11.0 Å². The molecule has 0 amide bonds. The molecule has 8 atom stereocenters. The topological polar surface area (TPSA) is 231 Å². The Morgan fingerprint density at radius 2 is 1.21 bits per heavy atom. The third-order valence-corrected chi connectivity index (χ3v) is 6.92. The molecule has 204 valence electrons. The third-order valence-electron chi connectivity index (χ3n) is 6.92. The van der Waals surface area contributed by atoms with Crippen LogP contribution in [-0.4, -0.2) is 95.8 Å². The Morgan fingerprint density at radius 3 is 1.76 bits per heavy atom. The number of ether oxygens (including phenoxy) is 2. The van der Waals surface area contributed by atoms with Gasteiger partial charge in [-0.25, -0.2) is 0 Å². The number of phenolic OH excluding ortho intramolecular Hbond substituents is 3. The summed E-state index contributed by atoms with van der Waals surface area (Å²) in [5.74, 6) is -1.80. The summed E-state index contributed by atoms with van der Waals surface area (Å²) in [6.45, 7) is -0.966. The Hall–Kier alpha value is -3.27. The molecule has 3 heterocycles. The Labute approximate surface area is 213 Å². The molecule has 0 radical (unpaired) electrons. The first-order valence-corrected chi connectivity index (χ1v) is 11.7. The predicted molar refractivity (Wildman–Crippen MR) is 126 cm³/mol. The molecule has 2 fully saturated rings. The summed E-state index contributed by atoms with van der Waals surface area (Å²) in [6, 6.07) is 6.60. The molecule has 0 spiro atoms. The third kappa shape index (κ3) is 4.19. The number of hydrogen-bond donors (Lipinski definition) is 9. The average molecular weight is 534 g/mol. The zero-order chi connectivity index (χ0) is 27.5. The van der Waals surface area contributed by atoms with Gasteiger partial charge < -0.3 is 59.8 Å². The minimum Gasteiger partial charge on any atom is -0.508 e. The summed E-state index contributed by atoms with van der Waals surface area (Å²) in [5.41, 5.74) is -1.86. The summed E-state index contributed by atoms with van der Waals surface area (Å²) in [7, 11) is 0. The van der Waals surface area contributed by atoms with E-state index in [0.29, 0.717) is 5.56 Å². The smallest absolute Gasteiger partial charge is 0.197 e. The van der Waals surface area contributed by atoms with Crippen LogP contribution >= 0.6 is 0 Å². The van der Waals surface area contributed by atoms with Gasteiger partial charge in [-0.15, -0.1) is 0 Å². The second-order valence-corrected chi connectivity index (χ2v) is 9.36. The van der Waals surface area contributed by atoms with Crippen LogP contribution < -0.4 is 5.43 Å². The van der Waals surface area contributed by atoms with Crippen molar-refractivity contribution >= 4 is 11.0 Å². The molecular weight excluding hydrogens is 508 g/mol. The van der Waals surface area contributed by atoms with E-state index in [1.54, 1.807) is 0 Å². The maximum Gasteiger partial charge on any atom is 0.197 e. The van der Waals surface area contributed by atoms with Crippen LogP contribution in [0.5, 0.6) is 17.2 Å². The number of phenols is 3. The molecule has 38 heavy (non-hydrogen) atoms. The molecular formula is C25H26O13. The number of rotatable bonds is 3. The molecule has 2 aliphatic rings. The van der Waals surface area contributed by atoms with Crippen LogP contribution in [0.4, 0.5) is 0 Å². The first-order chi connectivity index (χ1) is 18.0. The fraction of sp³-hybridized carbons (Fsp3) is 0.400. The van der Waals surface area contributed by atoms with Crippen molar-refractivity contribution in [3.8, 4) is 28.6 Å². The van der Waals surface area contributed by atoms with Gasteiger partial charge in [-0.3, -0.25) is 4.79 Å². The molecule has 2 aromatic carbocycles. The highest BCUT2D eigenvalue weighted by atomic mass is 16.5. The zero-order valence-corrected chi connectivity index (χ0v) is 19.6. The first-order valence-electron chi connectivity index (χ1n) is 11.7. The van der Waals surface area contributed by atoms with Crippen molar-refractivity contribution in [3.63, 3.8) is 0 Å². The van der Waals surface area contributed by atoms with E-state index in [2.05, 4.69) is 0 Å². The van der Waals surface area contributed by atoms with Crippen molar-refractivity contribution in [2.24, 2.45) is 0 Å². The van der Waals surface area contributed by atoms with E-state index in [1.165, 1.54) is 24.3 Å². The molecule has 13 nitrogen and oxygen atoms in total. The molecule has 0 bridgehead atoms. The Morgan fingerprint density at radius 1 is 0.684 bits per heavy atom. The minimum absolute atomic E-state index is 0.0475. The van der Waals surface area contributed by atoms with Crippen molar-refractivity contribution in [3.05, 3.63) is 51.7 Å². The first kappa shape index (κ1) is 26.3. The van der Waals surface area contributed by atoms with Gasteiger partial charge in [0.2, 0.25) is 0 Å². The Bertz CT molecular complexity index is 1400. The summed E-state index contributed by atoms with van der Waals surface area (Å²) >= 11 is 0. The van der Waals surface area contributed by atoms with E-state index in [-0.39, 0.29) is 11.5 Å². The number of aliphatic hydroxyl groups is 6. The van der Waals surface area contributed by atoms with Gasteiger partial charge in [-0.2, -0.15) is 0 Å². The van der Waals surface area contributed by atoms with Crippen molar-refractivity contribution in [2.45, 2.75) is 48.8 Å². The van der Waals surface area contributed by atoms with E-state index in [9.17, 15) is 50.8 Å². The number of aliphatic hydroxyl groups excluding tert-OH is 6. The highest BCUT2D eigenvalue weighted by molar-refractivity contribution is 5.91. The average Bonchev–Trinajstić information content (AvgIpc) is 2.88. The van der Waals surface area contributed by atoms with Gasteiger partial charge in [-0.1, -0.05) is 0 Å². The van der Waals surface area contributed by atoms with Crippen LogP contribution in [0.1, 0.15) is 23.3 Å². The lowest BCUT2D eigenvalue weighted by molar-refractivity contribution is -0.191. The lowest BCUT2D eigenvalue weighted by Crippen LogP contribution is -2.49. The van der Waals surface area contributed by atoms with E-state index in [0.717, 1.165) is 6.07 Å². The predicted octanol–water partition coefficient (Wildman–Crippen LogP) is -1.12. The number of fused-ring (bicyclic) bond motifs is 1. The van der Waals surface area contributed by atoms with E-state index in [1.807, 2.05) is 0 Å². The number of benzene rings is 2. The Kier molecular flexibility index (Phi) is 6.79. The maximum atomic E-state index is 13.3. The van der Waals surface area contributed by atoms with Crippen molar-refractivity contribution in [2.75, 3.05) is 13.2 Å². The Balaban J connectivity index is 1.80. The molecule has 5 rings (SSSR count). The van der Waals surface area contributed by atoms with E-state index < -0.39 is 101 Å². The highest BCUT2D eigenvalue weighted by Gasteiger charge is 2.46. The lowest BCUT2D eigenvalue weighted by atomic mass is 9.87. The molecule has 2 saturated heterocycles. The minimum atomic E-state index is -1.85. The maximum absolute atomic E-state index is 13.3. The lowest BCUT2D eigenvalue weighted by Gasteiger charge is -2.38. The number of hydrogen-bond acceptors (Lipinski definition) is 13. The molecule has 0 saturated carbocycles. The van der Waals surface area contributed by atoms with Gasteiger partial charge in [0.25, 0.3) is 0 Å². The van der Waals surface area contributed by atoms with Crippen LogP contribution in [0.15, 0.2) is 39.5 Å². The summed E-state index contributed by atoms with van der Waals surface area (Å²) in [5, 5.41) is 93.1. The summed E-state index contributed by atoms with van der Waals surface area (Å²) in [4.78, 5) is 13.3. The largest absolute Gasteiger partial charge is 0.508 e. The fourth-order valence-electron chi connectivity index (χ4n) is 4.83. The SMILES string of the molecule is O=c1cc(-c2ccc(O)cc2)oc2c([C@H]3OC[C@H](O)[C@H](O)[C@@H]3O)c(O)c([C@H]3OC[C@H](O)[C@H](O)[C@@H]3O)c(O)c12. The monoisotopic (exact) mass is 534 g/mol. The number of aromatic hydroxyl groups is 3. The molecule has 13 heteroatoms. The van der Waals surface area contributed by atoms with Crippen LogP contribution in [0, 0.1) is 0 Å². The van der Waals surface area contributed by atoms with Gasteiger partial charge in [0, 0.05) is 11.6 Å². The standard InChI is InChI=1S/C25H26O13/c26-9-3-1-8(2-4-9)13-5-10(27)14-19(32)15(24-21(34)17(30)11(28)6-36-24)20(33)16(23(14)38-13)25-22(35)18(31)12(29)7-37-25/h1-5,11-12,17-18,21-22,24-26,28-35H,6-7H2/t11-,12-,17-,18-,21-,22-,24+,25+/m0/s1. The van der Waals surface area contributed by atoms with Crippen molar-refractivity contribution < 1.29 is 59.8 Å². The normalized spacial score (nSPS) is 31.9.